The second-order valence-corrected chi connectivity index (χ2v) is 12.4. The Balaban J connectivity index is 1.52. The maximum atomic E-state index is 13.8. The van der Waals surface area contributed by atoms with Crippen LogP contribution in [0.5, 0.6) is 0 Å². The van der Waals surface area contributed by atoms with Crippen molar-refractivity contribution in [3.05, 3.63) is 58.9 Å². The lowest BCUT2D eigenvalue weighted by Gasteiger charge is -2.50. The van der Waals surface area contributed by atoms with Gasteiger partial charge >= 0.3 is 0 Å². The van der Waals surface area contributed by atoms with Crippen molar-refractivity contribution in [2.45, 2.75) is 56.7 Å². The summed E-state index contributed by atoms with van der Waals surface area (Å²) < 4.78 is 25.4. The van der Waals surface area contributed by atoms with Gasteiger partial charge in [-0.05, 0) is 55.5 Å². The Hall–Kier alpha value is -2.42. The fourth-order valence-electron chi connectivity index (χ4n) is 5.57. The Labute approximate surface area is 204 Å². The van der Waals surface area contributed by atoms with Crippen LogP contribution in [0, 0.1) is 0 Å². The SMILES string of the molecule is CCC1(O)CC2(C1)C(=O)N(Cc1nc3cc(Cl)ccc3n1CCCS(C)(=O)=O)c1ccccc12. The standard InChI is InChI=1S/C25H28ClN3O4S/c1-3-24(31)15-25(16-24)18-7-4-5-8-20(18)29(23(25)30)14-22-27-19-13-17(26)9-10-21(19)28(22)11-6-12-34(2,32)33/h4-5,7-10,13,31H,3,6,11-12,14-16H2,1-2H3. The Bertz CT molecular complexity index is 1390. The highest BCUT2D eigenvalue weighted by Gasteiger charge is 2.63. The van der Waals surface area contributed by atoms with E-state index in [0.717, 1.165) is 16.8 Å². The molecule has 1 aromatic heterocycles. The Kier molecular flexibility index (Phi) is 5.54. The molecule has 0 radical (unpaired) electrons. The summed E-state index contributed by atoms with van der Waals surface area (Å²) in [6.45, 7) is 2.66. The minimum Gasteiger partial charge on any atom is -0.390 e. The van der Waals surface area contributed by atoms with Crippen LogP contribution in [0.25, 0.3) is 11.0 Å². The highest BCUT2D eigenvalue weighted by molar-refractivity contribution is 7.90. The van der Waals surface area contributed by atoms with Crippen molar-refractivity contribution in [3.8, 4) is 0 Å². The number of aromatic nitrogens is 2. The molecule has 1 saturated carbocycles. The second-order valence-electron chi connectivity index (χ2n) is 9.72. The first-order valence-electron chi connectivity index (χ1n) is 11.5. The van der Waals surface area contributed by atoms with E-state index < -0.39 is 20.9 Å². The monoisotopic (exact) mass is 501 g/mol. The molecule has 1 N–H and O–H groups in total. The molecule has 2 aliphatic rings. The van der Waals surface area contributed by atoms with Crippen molar-refractivity contribution in [1.82, 2.24) is 9.55 Å². The fourth-order valence-corrected chi connectivity index (χ4v) is 6.39. The molecule has 1 fully saturated rings. The number of anilines is 1. The van der Waals surface area contributed by atoms with Crippen LogP contribution in [0.3, 0.4) is 0 Å². The lowest BCUT2D eigenvalue weighted by atomic mass is 9.55. The van der Waals surface area contributed by atoms with Gasteiger partial charge in [0.25, 0.3) is 0 Å². The summed E-state index contributed by atoms with van der Waals surface area (Å²) in [4.78, 5) is 20.3. The summed E-state index contributed by atoms with van der Waals surface area (Å²) in [6, 6.07) is 13.2. The lowest BCUT2D eigenvalue weighted by Crippen LogP contribution is -2.58. The highest BCUT2D eigenvalue weighted by atomic mass is 35.5. The summed E-state index contributed by atoms with van der Waals surface area (Å²) in [6.07, 6.45) is 3.13. The molecule has 0 saturated heterocycles. The highest BCUT2D eigenvalue weighted by Crippen LogP contribution is 2.58. The van der Waals surface area contributed by atoms with Gasteiger partial charge in [-0.15, -0.1) is 0 Å². The molecule has 34 heavy (non-hydrogen) atoms. The first-order valence-corrected chi connectivity index (χ1v) is 14.0. The number of nitrogens with zero attached hydrogens (tertiary/aromatic N) is 3. The molecule has 9 heteroatoms. The van der Waals surface area contributed by atoms with Gasteiger partial charge in [0.15, 0.2) is 0 Å². The summed E-state index contributed by atoms with van der Waals surface area (Å²) in [5.74, 6) is 0.736. The Morgan fingerprint density at radius 3 is 2.62 bits per heavy atom. The topological polar surface area (TPSA) is 92.5 Å². The number of carbonyl (C=O) groups excluding carboxylic acids is 1. The van der Waals surface area contributed by atoms with Crippen molar-refractivity contribution in [3.63, 3.8) is 0 Å². The summed E-state index contributed by atoms with van der Waals surface area (Å²) in [5, 5.41) is 11.3. The van der Waals surface area contributed by atoms with Crippen molar-refractivity contribution < 1.29 is 18.3 Å². The molecule has 1 spiro atoms. The molecule has 5 rings (SSSR count). The zero-order valence-electron chi connectivity index (χ0n) is 19.3. The lowest BCUT2D eigenvalue weighted by molar-refractivity contribution is -0.143. The van der Waals surface area contributed by atoms with E-state index in [1.165, 1.54) is 6.26 Å². The number of benzene rings is 2. The van der Waals surface area contributed by atoms with Crippen molar-refractivity contribution in [1.29, 1.82) is 0 Å². The number of amides is 1. The van der Waals surface area contributed by atoms with Crippen LogP contribution < -0.4 is 4.90 Å². The number of hydrogen-bond acceptors (Lipinski definition) is 5. The first-order chi connectivity index (χ1) is 16.1. The third-order valence-electron chi connectivity index (χ3n) is 7.27. The zero-order chi connectivity index (χ0) is 24.3. The van der Waals surface area contributed by atoms with Crippen LogP contribution in [0.1, 0.15) is 44.0 Å². The van der Waals surface area contributed by atoms with Gasteiger partial charge in [-0.1, -0.05) is 36.7 Å². The van der Waals surface area contributed by atoms with Crippen LogP contribution in [0.2, 0.25) is 5.02 Å². The van der Waals surface area contributed by atoms with Gasteiger partial charge in [-0.3, -0.25) is 4.79 Å². The predicted octanol–water partition coefficient (Wildman–Crippen LogP) is 3.84. The first kappa shape index (κ1) is 23.3. The Morgan fingerprint density at radius 1 is 1.18 bits per heavy atom. The average molecular weight is 502 g/mol. The number of imidazole rings is 1. The molecule has 0 bridgehead atoms. The van der Waals surface area contributed by atoms with Gasteiger partial charge in [-0.2, -0.15) is 0 Å². The molecular weight excluding hydrogens is 474 g/mol. The van der Waals surface area contributed by atoms with Gasteiger partial charge in [0.2, 0.25) is 5.91 Å². The molecule has 1 aliphatic carbocycles. The van der Waals surface area contributed by atoms with Crippen LogP contribution in [-0.2, 0) is 33.1 Å². The van der Waals surface area contributed by atoms with Gasteiger partial charge < -0.3 is 14.6 Å². The molecule has 1 amide bonds. The summed E-state index contributed by atoms with van der Waals surface area (Å²) in [7, 11) is -3.09. The number of fused-ring (bicyclic) bond motifs is 3. The smallest absolute Gasteiger partial charge is 0.238 e. The molecule has 2 aromatic carbocycles. The van der Waals surface area contributed by atoms with Crippen molar-refractivity contribution in [2.75, 3.05) is 16.9 Å². The third kappa shape index (κ3) is 3.82. The third-order valence-corrected chi connectivity index (χ3v) is 8.54. The predicted molar refractivity (Wildman–Crippen MR) is 133 cm³/mol. The minimum atomic E-state index is -3.09. The Morgan fingerprint density at radius 2 is 1.91 bits per heavy atom. The number of halogens is 1. The normalized spacial score (nSPS) is 24.1. The van der Waals surface area contributed by atoms with Crippen molar-refractivity contribution in [2.24, 2.45) is 0 Å². The van der Waals surface area contributed by atoms with Crippen LogP contribution in [-0.4, -0.2) is 46.6 Å². The van der Waals surface area contributed by atoms with E-state index >= 15 is 0 Å². The molecule has 180 valence electrons. The van der Waals surface area contributed by atoms with E-state index in [4.69, 9.17) is 16.6 Å². The number of sulfone groups is 1. The van der Waals surface area contributed by atoms with Gasteiger partial charge in [0.05, 0.1) is 34.3 Å². The number of rotatable bonds is 7. The number of hydrogen-bond donors (Lipinski definition) is 1. The molecule has 0 atom stereocenters. The fraction of sp³-hybridized carbons (Fsp3) is 0.440. The van der Waals surface area contributed by atoms with E-state index in [-0.39, 0.29) is 18.2 Å². The molecule has 1 aliphatic heterocycles. The second kappa shape index (κ2) is 8.07. The summed E-state index contributed by atoms with van der Waals surface area (Å²) >= 11 is 6.19. The van der Waals surface area contributed by atoms with Gasteiger partial charge in [-0.25, -0.2) is 13.4 Å². The number of aryl methyl sites for hydroxylation is 1. The quantitative estimate of drug-likeness (QED) is 0.531. The van der Waals surface area contributed by atoms with E-state index in [0.29, 0.717) is 48.6 Å². The summed E-state index contributed by atoms with van der Waals surface area (Å²) in [5.41, 5.74) is 1.86. The zero-order valence-corrected chi connectivity index (χ0v) is 20.9. The number of para-hydroxylation sites is 1. The van der Waals surface area contributed by atoms with Gasteiger partial charge in [0.1, 0.15) is 15.7 Å². The van der Waals surface area contributed by atoms with Crippen LogP contribution in [0.4, 0.5) is 5.69 Å². The molecular formula is C25H28ClN3O4S. The molecule has 0 unspecified atom stereocenters. The van der Waals surface area contributed by atoms with E-state index in [1.54, 1.807) is 17.0 Å². The average Bonchev–Trinajstić information content (AvgIpc) is 3.21. The minimum absolute atomic E-state index is 0.0143. The molecule has 3 aromatic rings. The molecule has 7 nitrogen and oxygen atoms in total. The van der Waals surface area contributed by atoms with E-state index in [9.17, 15) is 18.3 Å². The molecule has 2 heterocycles. The number of aliphatic hydroxyl groups is 1. The van der Waals surface area contributed by atoms with Crippen LogP contribution >= 0.6 is 11.6 Å². The number of carbonyl (C=O) groups is 1. The maximum Gasteiger partial charge on any atom is 0.238 e. The largest absolute Gasteiger partial charge is 0.390 e. The maximum absolute atomic E-state index is 13.8. The van der Waals surface area contributed by atoms with Crippen molar-refractivity contribution >= 4 is 44.1 Å². The van der Waals surface area contributed by atoms with Crippen LogP contribution in [0.15, 0.2) is 42.5 Å². The van der Waals surface area contributed by atoms with E-state index in [2.05, 4.69) is 0 Å². The van der Waals surface area contributed by atoms with E-state index in [1.807, 2.05) is 41.8 Å². The van der Waals surface area contributed by atoms with Gasteiger partial charge in [0, 0.05) is 23.5 Å².